The number of hydrogen-bond acceptors (Lipinski definition) is 3. The van der Waals surface area contributed by atoms with Gasteiger partial charge >= 0.3 is 5.97 Å². The molecule has 1 N–H and O–H groups in total. The summed E-state index contributed by atoms with van der Waals surface area (Å²) in [5, 5.41) is 9.56. The second kappa shape index (κ2) is 5.17. The molecule has 0 spiro atoms. The quantitative estimate of drug-likeness (QED) is 0.862. The lowest BCUT2D eigenvalue weighted by molar-refractivity contribution is -0.148. The third kappa shape index (κ3) is 2.56. The molecule has 102 valence electrons. The number of likely N-dealkylation sites (tertiary alicyclic amines) is 1. The first-order valence-corrected chi connectivity index (χ1v) is 6.51. The summed E-state index contributed by atoms with van der Waals surface area (Å²) in [6, 6.07) is 4.83. The first-order valence-electron chi connectivity index (χ1n) is 6.14. The lowest BCUT2D eigenvalue weighted by Crippen LogP contribution is -2.36. The predicted octanol–water partition coefficient (Wildman–Crippen LogP) is 2.06. The molecule has 1 aliphatic heterocycles. The van der Waals surface area contributed by atoms with Gasteiger partial charge in [-0.05, 0) is 25.0 Å². The molecule has 1 aromatic heterocycles. The fraction of sp³-hybridized carbons (Fsp3) is 0.462. The summed E-state index contributed by atoms with van der Waals surface area (Å²) >= 11 is 5.75. The van der Waals surface area contributed by atoms with E-state index in [9.17, 15) is 14.7 Å². The van der Waals surface area contributed by atoms with Gasteiger partial charge in [0, 0.05) is 13.1 Å². The Morgan fingerprint density at radius 1 is 1.53 bits per heavy atom. The van der Waals surface area contributed by atoms with Gasteiger partial charge in [-0.3, -0.25) is 9.59 Å². The Balaban J connectivity index is 2.17. The van der Waals surface area contributed by atoms with Crippen LogP contribution in [0.1, 0.15) is 30.3 Å². The Kier molecular flexibility index (Phi) is 3.75. The van der Waals surface area contributed by atoms with Gasteiger partial charge in [0.25, 0.3) is 5.91 Å². The zero-order valence-electron chi connectivity index (χ0n) is 10.6. The Labute approximate surface area is 116 Å². The number of rotatable bonds is 3. The normalized spacial score (nSPS) is 22.5. The van der Waals surface area contributed by atoms with Crippen LogP contribution in [0.4, 0.5) is 0 Å². The molecular formula is C13H15ClN2O3. The monoisotopic (exact) mass is 282 g/mol. The summed E-state index contributed by atoms with van der Waals surface area (Å²) in [6.07, 6.45) is 0.986. The first kappa shape index (κ1) is 13.8. The molecule has 1 saturated heterocycles. The van der Waals surface area contributed by atoms with Crippen LogP contribution in [-0.2, 0) is 4.79 Å². The van der Waals surface area contributed by atoms with E-state index in [0.717, 1.165) is 0 Å². The molecule has 1 amide bonds. The van der Waals surface area contributed by atoms with Crippen molar-refractivity contribution < 1.29 is 14.7 Å². The number of nitrogens with zero attached hydrogens (tertiary/aromatic N) is 2. The van der Waals surface area contributed by atoms with Crippen molar-refractivity contribution >= 4 is 23.5 Å². The summed E-state index contributed by atoms with van der Waals surface area (Å²) in [6.45, 7) is 2.50. The van der Waals surface area contributed by atoms with Gasteiger partial charge in [-0.1, -0.05) is 24.6 Å². The third-order valence-electron chi connectivity index (χ3n) is 3.71. The van der Waals surface area contributed by atoms with E-state index in [0.29, 0.717) is 19.4 Å². The second-order valence-electron chi connectivity index (χ2n) is 4.76. The van der Waals surface area contributed by atoms with Crippen LogP contribution in [0.15, 0.2) is 18.2 Å². The van der Waals surface area contributed by atoms with Gasteiger partial charge in [0.05, 0.1) is 5.41 Å². The number of carbonyl (C=O) groups excluding carboxylic acids is 1. The van der Waals surface area contributed by atoms with Crippen molar-refractivity contribution in [2.24, 2.45) is 5.41 Å². The SMILES string of the molecule is CCC1(C(=O)O)CCN(C(=O)c2cccc(Cl)n2)C1. The van der Waals surface area contributed by atoms with Crippen molar-refractivity contribution in [1.82, 2.24) is 9.88 Å². The molecule has 0 bridgehead atoms. The number of carboxylic acids is 1. The lowest BCUT2D eigenvalue weighted by Gasteiger charge is -2.22. The molecule has 0 aromatic carbocycles. The van der Waals surface area contributed by atoms with E-state index in [1.807, 2.05) is 6.92 Å². The van der Waals surface area contributed by atoms with E-state index < -0.39 is 11.4 Å². The standard InChI is InChI=1S/C13H15ClN2O3/c1-2-13(12(18)19)6-7-16(8-13)11(17)9-4-3-5-10(14)15-9/h3-5H,2,6-8H2,1H3,(H,18,19). The van der Waals surface area contributed by atoms with Crippen molar-refractivity contribution in [3.8, 4) is 0 Å². The molecule has 1 fully saturated rings. The molecule has 1 aromatic rings. The molecule has 19 heavy (non-hydrogen) atoms. The van der Waals surface area contributed by atoms with Crippen molar-refractivity contribution in [2.75, 3.05) is 13.1 Å². The Morgan fingerprint density at radius 3 is 2.79 bits per heavy atom. The van der Waals surface area contributed by atoms with E-state index in [2.05, 4.69) is 4.98 Å². The fourth-order valence-corrected chi connectivity index (χ4v) is 2.51. The van der Waals surface area contributed by atoms with Gasteiger partial charge < -0.3 is 10.0 Å². The summed E-state index contributed by atoms with van der Waals surface area (Å²) in [7, 11) is 0. The van der Waals surface area contributed by atoms with Gasteiger partial charge in [0.1, 0.15) is 10.8 Å². The fourth-order valence-electron chi connectivity index (χ4n) is 2.35. The average Bonchev–Trinajstić information content (AvgIpc) is 2.83. The maximum Gasteiger partial charge on any atom is 0.311 e. The number of aromatic nitrogens is 1. The largest absolute Gasteiger partial charge is 0.481 e. The van der Waals surface area contributed by atoms with E-state index in [1.165, 1.54) is 4.90 Å². The highest BCUT2D eigenvalue weighted by Gasteiger charge is 2.45. The zero-order valence-corrected chi connectivity index (χ0v) is 11.4. The molecular weight excluding hydrogens is 268 g/mol. The number of amides is 1. The Hall–Kier alpha value is -1.62. The number of aliphatic carboxylic acids is 1. The van der Waals surface area contributed by atoms with E-state index in [-0.39, 0.29) is 23.3 Å². The zero-order chi connectivity index (χ0) is 14.0. The van der Waals surface area contributed by atoms with Gasteiger partial charge in [0.2, 0.25) is 0 Å². The second-order valence-corrected chi connectivity index (χ2v) is 5.15. The Bertz CT molecular complexity index is 520. The van der Waals surface area contributed by atoms with Crippen molar-refractivity contribution in [3.63, 3.8) is 0 Å². The molecule has 0 aliphatic carbocycles. The molecule has 6 heteroatoms. The van der Waals surface area contributed by atoms with Crippen LogP contribution in [0.2, 0.25) is 5.15 Å². The molecule has 2 rings (SSSR count). The molecule has 0 saturated carbocycles. The van der Waals surface area contributed by atoms with Gasteiger partial charge in [-0.2, -0.15) is 0 Å². The minimum absolute atomic E-state index is 0.228. The van der Waals surface area contributed by atoms with Crippen molar-refractivity contribution in [3.05, 3.63) is 29.0 Å². The van der Waals surface area contributed by atoms with E-state index in [1.54, 1.807) is 18.2 Å². The minimum atomic E-state index is -0.843. The maximum absolute atomic E-state index is 12.2. The number of halogens is 1. The van der Waals surface area contributed by atoms with Crippen molar-refractivity contribution in [2.45, 2.75) is 19.8 Å². The topological polar surface area (TPSA) is 70.5 Å². The van der Waals surface area contributed by atoms with E-state index >= 15 is 0 Å². The van der Waals surface area contributed by atoms with Gasteiger partial charge in [0.15, 0.2) is 0 Å². The van der Waals surface area contributed by atoms with Crippen LogP contribution in [0, 0.1) is 5.41 Å². The minimum Gasteiger partial charge on any atom is -0.481 e. The highest BCUT2D eigenvalue weighted by atomic mass is 35.5. The van der Waals surface area contributed by atoms with Gasteiger partial charge in [-0.15, -0.1) is 0 Å². The number of hydrogen-bond donors (Lipinski definition) is 1. The maximum atomic E-state index is 12.2. The van der Waals surface area contributed by atoms with Crippen LogP contribution in [0.25, 0.3) is 0 Å². The van der Waals surface area contributed by atoms with Crippen LogP contribution < -0.4 is 0 Å². The first-order chi connectivity index (χ1) is 8.98. The van der Waals surface area contributed by atoms with Crippen LogP contribution in [0.5, 0.6) is 0 Å². The number of pyridine rings is 1. The molecule has 0 radical (unpaired) electrons. The van der Waals surface area contributed by atoms with Crippen molar-refractivity contribution in [1.29, 1.82) is 0 Å². The summed E-state index contributed by atoms with van der Waals surface area (Å²) in [4.78, 5) is 29.1. The highest BCUT2D eigenvalue weighted by molar-refractivity contribution is 6.29. The summed E-state index contributed by atoms with van der Waals surface area (Å²) in [5.41, 5.74) is -0.571. The third-order valence-corrected chi connectivity index (χ3v) is 3.92. The van der Waals surface area contributed by atoms with Crippen LogP contribution >= 0.6 is 11.6 Å². The van der Waals surface area contributed by atoms with Crippen LogP contribution in [0.3, 0.4) is 0 Å². The van der Waals surface area contributed by atoms with E-state index in [4.69, 9.17) is 11.6 Å². The average molecular weight is 283 g/mol. The van der Waals surface area contributed by atoms with Gasteiger partial charge in [-0.25, -0.2) is 4.98 Å². The molecule has 1 atom stereocenters. The number of carbonyl (C=O) groups is 2. The summed E-state index contributed by atoms with van der Waals surface area (Å²) in [5.74, 6) is -1.11. The van der Waals surface area contributed by atoms with Crippen LogP contribution in [-0.4, -0.2) is 40.0 Å². The molecule has 5 nitrogen and oxygen atoms in total. The number of carboxylic acid groups (broad SMARTS) is 1. The molecule has 1 aliphatic rings. The predicted molar refractivity (Wildman–Crippen MR) is 70.1 cm³/mol. The molecule has 2 heterocycles. The highest BCUT2D eigenvalue weighted by Crippen LogP contribution is 2.34. The summed E-state index contributed by atoms with van der Waals surface area (Å²) < 4.78 is 0. The smallest absolute Gasteiger partial charge is 0.311 e. The lowest BCUT2D eigenvalue weighted by atomic mass is 9.84. The molecule has 1 unspecified atom stereocenters. The Morgan fingerprint density at radius 2 is 2.26 bits per heavy atom.